The first-order chi connectivity index (χ1) is 9.81. The lowest BCUT2D eigenvalue weighted by Crippen LogP contribution is -2.53. The first-order valence-corrected chi connectivity index (χ1v) is 7.38. The highest BCUT2D eigenvalue weighted by Gasteiger charge is 2.64. The van der Waals surface area contributed by atoms with Gasteiger partial charge in [-0.2, -0.15) is 0 Å². The van der Waals surface area contributed by atoms with Gasteiger partial charge >= 0.3 is 5.97 Å². The predicted octanol–water partition coefficient (Wildman–Crippen LogP) is -0.795. The van der Waals surface area contributed by atoms with Gasteiger partial charge in [0.05, 0.1) is 24.7 Å². The van der Waals surface area contributed by atoms with E-state index in [1.807, 2.05) is 0 Å². The number of carbonyl (C=O) groups excluding carboxylic acids is 1. The number of aliphatic hydroxyl groups is 4. The molecule has 1 heterocycles. The van der Waals surface area contributed by atoms with Gasteiger partial charge in [-0.05, 0) is 18.8 Å². The van der Waals surface area contributed by atoms with E-state index in [4.69, 9.17) is 4.74 Å². The van der Waals surface area contributed by atoms with Crippen molar-refractivity contribution in [1.82, 2.24) is 0 Å². The van der Waals surface area contributed by atoms with Crippen molar-refractivity contribution >= 4 is 5.97 Å². The van der Waals surface area contributed by atoms with Gasteiger partial charge in [0.1, 0.15) is 11.7 Å². The van der Waals surface area contributed by atoms with Crippen molar-refractivity contribution in [3.63, 3.8) is 0 Å². The van der Waals surface area contributed by atoms with Crippen LogP contribution in [0.2, 0.25) is 0 Å². The molecule has 6 nitrogen and oxygen atoms in total. The normalized spacial score (nSPS) is 53.1. The van der Waals surface area contributed by atoms with E-state index in [-0.39, 0.29) is 12.3 Å². The molecule has 3 rings (SSSR count). The summed E-state index contributed by atoms with van der Waals surface area (Å²) in [5, 5.41) is 40.8. The molecule has 0 spiro atoms. The highest BCUT2D eigenvalue weighted by atomic mass is 16.6. The number of rotatable bonds is 1. The first kappa shape index (κ1) is 15.0. The Morgan fingerprint density at radius 2 is 2.10 bits per heavy atom. The highest BCUT2D eigenvalue weighted by Crippen LogP contribution is 2.54. The molecule has 3 fully saturated rings. The topological polar surface area (TPSA) is 107 Å². The molecule has 0 amide bonds. The molecular weight excluding hydrogens is 276 g/mol. The quantitative estimate of drug-likeness (QED) is 0.373. The molecule has 0 aromatic carbocycles. The van der Waals surface area contributed by atoms with E-state index in [0.29, 0.717) is 6.42 Å². The fourth-order valence-electron chi connectivity index (χ4n) is 4.49. The minimum Gasteiger partial charge on any atom is -0.461 e. The number of aliphatic hydroxyl groups excluding tert-OH is 3. The van der Waals surface area contributed by atoms with Crippen LogP contribution in [0.15, 0.2) is 12.2 Å². The van der Waals surface area contributed by atoms with Crippen LogP contribution in [-0.2, 0) is 9.53 Å². The van der Waals surface area contributed by atoms with Crippen molar-refractivity contribution in [2.75, 3.05) is 6.61 Å². The summed E-state index contributed by atoms with van der Waals surface area (Å²) in [6.45, 7) is 5.05. The van der Waals surface area contributed by atoms with Gasteiger partial charge in [-0.3, -0.25) is 4.79 Å². The van der Waals surface area contributed by atoms with Crippen LogP contribution in [0.5, 0.6) is 0 Å². The van der Waals surface area contributed by atoms with Crippen molar-refractivity contribution in [3.8, 4) is 0 Å². The molecule has 2 saturated carbocycles. The van der Waals surface area contributed by atoms with Crippen molar-refractivity contribution in [2.24, 2.45) is 23.7 Å². The molecule has 1 saturated heterocycles. The van der Waals surface area contributed by atoms with Crippen molar-refractivity contribution in [2.45, 2.75) is 43.7 Å². The fourth-order valence-corrected chi connectivity index (χ4v) is 4.49. The van der Waals surface area contributed by atoms with Gasteiger partial charge < -0.3 is 25.2 Å². The number of hydrogen-bond acceptors (Lipinski definition) is 6. The summed E-state index contributed by atoms with van der Waals surface area (Å²) >= 11 is 0. The van der Waals surface area contributed by atoms with Gasteiger partial charge in [0, 0.05) is 11.8 Å². The van der Waals surface area contributed by atoms with Gasteiger partial charge in [0.25, 0.3) is 0 Å². The molecule has 0 bridgehead atoms. The smallest absolute Gasteiger partial charge is 0.309 e. The first-order valence-electron chi connectivity index (χ1n) is 7.38. The maximum atomic E-state index is 11.9. The van der Waals surface area contributed by atoms with Gasteiger partial charge in [-0.1, -0.05) is 19.1 Å². The summed E-state index contributed by atoms with van der Waals surface area (Å²) in [6, 6.07) is 0. The molecule has 0 aromatic heterocycles. The summed E-state index contributed by atoms with van der Waals surface area (Å²) in [5.41, 5.74) is -1.00. The van der Waals surface area contributed by atoms with Crippen LogP contribution in [0.4, 0.5) is 0 Å². The van der Waals surface area contributed by atoms with E-state index in [0.717, 1.165) is 5.57 Å². The molecule has 0 unspecified atom stereocenters. The van der Waals surface area contributed by atoms with E-state index in [2.05, 4.69) is 6.58 Å². The third kappa shape index (κ3) is 1.90. The lowest BCUT2D eigenvalue weighted by Gasteiger charge is -2.37. The average molecular weight is 298 g/mol. The Morgan fingerprint density at radius 3 is 2.71 bits per heavy atom. The number of hydrogen-bond donors (Lipinski definition) is 4. The second kappa shape index (κ2) is 4.78. The number of ether oxygens (including phenoxy) is 1. The third-order valence-electron chi connectivity index (χ3n) is 5.69. The van der Waals surface area contributed by atoms with E-state index in [1.54, 1.807) is 6.92 Å². The molecule has 2 aliphatic carbocycles. The minimum absolute atomic E-state index is 0.252. The lowest BCUT2D eigenvalue weighted by molar-refractivity contribution is -0.162. The summed E-state index contributed by atoms with van der Waals surface area (Å²) in [7, 11) is 0. The maximum Gasteiger partial charge on any atom is 0.309 e. The Balaban J connectivity index is 2.07. The SMILES string of the molecule is C=C1C[C@H](O)[C@@H]2[C@H](OC(=O)[C@H]2C)[C@@H]2[C@H]1C[C@H](O)[C@]2(O)CO. The van der Waals surface area contributed by atoms with Crippen LogP contribution in [0.3, 0.4) is 0 Å². The minimum atomic E-state index is -1.73. The maximum absolute atomic E-state index is 11.9. The van der Waals surface area contributed by atoms with E-state index < -0.39 is 54.2 Å². The van der Waals surface area contributed by atoms with Gasteiger partial charge in [-0.15, -0.1) is 0 Å². The zero-order valence-electron chi connectivity index (χ0n) is 12.0. The van der Waals surface area contributed by atoms with E-state index in [9.17, 15) is 25.2 Å². The van der Waals surface area contributed by atoms with E-state index >= 15 is 0 Å². The van der Waals surface area contributed by atoms with Crippen molar-refractivity contribution in [1.29, 1.82) is 0 Å². The summed E-state index contributed by atoms with van der Waals surface area (Å²) in [5.74, 6) is -2.25. The predicted molar refractivity (Wildman–Crippen MR) is 71.9 cm³/mol. The molecule has 0 aromatic rings. The van der Waals surface area contributed by atoms with Crippen LogP contribution >= 0.6 is 0 Å². The van der Waals surface area contributed by atoms with Crippen molar-refractivity contribution < 1.29 is 30.0 Å². The second-order valence-corrected chi connectivity index (χ2v) is 6.73. The fraction of sp³-hybridized carbons (Fsp3) is 0.800. The Bertz CT molecular complexity index is 477. The Kier molecular flexibility index (Phi) is 3.40. The van der Waals surface area contributed by atoms with Crippen LogP contribution in [0.1, 0.15) is 19.8 Å². The van der Waals surface area contributed by atoms with Gasteiger partial charge in [0.2, 0.25) is 0 Å². The van der Waals surface area contributed by atoms with Crippen LogP contribution in [-0.4, -0.2) is 56.9 Å². The summed E-state index contributed by atoms with van der Waals surface area (Å²) < 4.78 is 5.41. The largest absolute Gasteiger partial charge is 0.461 e. The molecule has 4 N–H and O–H groups in total. The zero-order chi connectivity index (χ0) is 15.5. The van der Waals surface area contributed by atoms with Crippen LogP contribution in [0, 0.1) is 23.7 Å². The molecule has 21 heavy (non-hydrogen) atoms. The Labute approximate surface area is 123 Å². The second-order valence-electron chi connectivity index (χ2n) is 6.73. The highest BCUT2D eigenvalue weighted by molar-refractivity contribution is 5.75. The van der Waals surface area contributed by atoms with Crippen LogP contribution in [0.25, 0.3) is 0 Å². The molecule has 1 aliphatic heterocycles. The summed E-state index contributed by atoms with van der Waals surface area (Å²) in [4.78, 5) is 11.9. The van der Waals surface area contributed by atoms with Crippen molar-refractivity contribution in [3.05, 3.63) is 12.2 Å². The number of esters is 1. The molecule has 6 heteroatoms. The Hall–Kier alpha value is -0.950. The molecule has 118 valence electrons. The molecule has 3 aliphatic rings. The molecule has 8 atom stereocenters. The van der Waals surface area contributed by atoms with Gasteiger partial charge in [-0.25, -0.2) is 0 Å². The molecule has 0 radical (unpaired) electrons. The average Bonchev–Trinajstić information content (AvgIpc) is 2.82. The number of carbonyl (C=O) groups is 1. The Morgan fingerprint density at radius 1 is 1.43 bits per heavy atom. The third-order valence-corrected chi connectivity index (χ3v) is 5.69. The zero-order valence-corrected chi connectivity index (χ0v) is 12.0. The standard InChI is InChI=1S/C15H22O6/c1-6-3-9(17)11-7(2)14(19)21-13(11)12-8(6)4-10(18)15(12,20)5-16/h7-13,16-18,20H,1,3-5H2,2H3/t7-,8-,9-,10-,11+,12-,13-,15+/m0/s1. The van der Waals surface area contributed by atoms with E-state index in [1.165, 1.54) is 0 Å². The monoisotopic (exact) mass is 298 g/mol. The lowest BCUT2D eigenvalue weighted by atomic mass is 9.75. The number of fused-ring (bicyclic) bond motifs is 3. The van der Waals surface area contributed by atoms with Gasteiger partial charge in [0.15, 0.2) is 0 Å². The summed E-state index contributed by atoms with van der Waals surface area (Å²) in [6.07, 6.45) is -2.00. The molecular formula is C15H22O6. The van der Waals surface area contributed by atoms with Crippen LogP contribution < -0.4 is 0 Å².